The molecule has 0 bridgehead atoms. The SMILES string of the molecule is O=S(=O)(CCCCl)N1CCN(c2ccc(Br)cn2)CC1. The first-order valence-corrected chi connectivity index (χ1v) is 9.37. The third kappa shape index (κ3) is 4.07. The van der Waals surface area contributed by atoms with Crippen LogP contribution in [-0.4, -0.2) is 55.5 Å². The zero-order chi connectivity index (χ0) is 14.6. The van der Waals surface area contributed by atoms with Crippen molar-refractivity contribution >= 4 is 43.4 Å². The molecule has 0 spiro atoms. The average molecular weight is 383 g/mol. The highest BCUT2D eigenvalue weighted by molar-refractivity contribution is 9.10. The fourth-order valence-corrected chi connectivity index (χ4v) is 4.13. The third-order valence-electron chi connectivity index (χ3n) is 3.20. The molecule has 0 amide bonds. The van der Waals surface area contributed by atoms with E-state index in [0.29, 0.717) is 38.5 Å². The molecule has 1 fully saturated rings. The maximum Gasteiger partial charge on any atom is 0.214 e. The van der Waals surface area contributed by atoms with E-state index in [2.05, 4.69) is 25.8 Å². The molecule has 20 heavy (non-hydrogen) atoms. The van der Waals surface area contributed by atoms with E-state index < -0.39 is 10.0 Å². The predicted octanol–water partition coefficient (Wildman–Crippen LogP) is 1.92. The smallest absolute Gasteiger partial charge is 0.214 e. The van der Waals surface area contributed by atoms with Crippen LogP contribution in [0.25, 0.3) is 0 Å². The number of piperazine rings is 1. The maximum atomic E-state index is 12.1. The molecule has 5 nitrogen and oxygen atoms in total. The van der Waals surface area contributed by atoms with Crippen LogP contribution in [0.15, 0.2) is 22.8 Å². The van der Waals surface area contributed by atoms with Crippen LogP contribution in [0.1, 0.15) is 6.42 Å². The Morgan fingerprint density at radius 2 is 1.95 bits per heavy atom. The summed E-state index contributed by atoms with van der Waals surface area (Å²) in [5.74, 6) is 1.39. The van der Waals surface area contributed by atoms with Crippen LogP contribution < -0.4 is 4.90 Å². The molecule has 0 aromatic carbocycles. The average Bonchev–Trinajstić information content (AvgIpc) is 2.46. The summed E-state index contributed by atoms with van der Waals surface area (Å²) in [6, 6.07) is 3.87. The minimum atomic E-state index is -3.16. The summed E-state index contributed by atoms with van der Waals surface area (Å²) in [6.07, 6.45) is 2.25. The molecule has 1 aliphatic rings. The largest absolute Gasteiger partial charge is 0.354 e. The quantitative estimate of drug-likeness (QED) is 0.730. The lowest BCUT2D eigenvalue weighted by atomic mass is 10.3. The van der Waals surface area contributed by atoms with E-state index >= 15 is 0 Å². The van der Waals surface area contributed by atoms with Crippen molar-refractivity contribution in [1.29, 1.82) is 0 Å². The van der Waals surface area contributed by atoms with E-state index in [1.165, 1.54) is 0 Å². The summed E-state index contributed by atoms with van der Waals surface area (Å²) in [5.41, 5.74) is 0. The van der Waals surface area contributed by atoms with Gasteiger partial charge in [-0.05, 0) is 34.5 Å². The summed E-state index contributed by atoms with van der Waals surface area (Å²) < 4.78 is 26.6. The van der Waals surface area contributed by atoms with Gasteiger partial charge in [-0.1, -0.05) is 0 Å². The summed E-state index contributed by atoms with van der Waals surface area (Å²) in [7, 11) is -3.16. The van der Waals surface area contributed by atoms with E-state index in [1.807, 2.05) is 12.1 Å². The molecule has 112 valence electrons. The standard InChI is InChI=1S/C12H17BrClN3O2S/c13-11-2-3-12(15-10-11)16-5-7-17(8-6-16)20(18,19)9-1-4-14/h2-3,10H,1,4-9H2. The molecule has 2 rings (SSSR count). The lowest BCUT2D eigenvalue weighted by molar-refractivity contribution is 0.383. The lowest BCUT2D eigenvalue weighted by Crippen LogP contribution is -2.49. The van der Waals surface area contributed by atoms with Crippen molar-refractivity contribution in [1.82, 2.24) is 9.29 Å². The van der Waals surface area contributed by atoms with Crippen molar-refractivity contribution in [2.24, 2.45) is 0 Å². The Balaban J connectivity index is 1.93. The summed E-state index contributed by atoms with van der Waals surface area (Å²) in [4.78, 5) is 6.43. The zero-order valence-corrected chi connectivity index (χ0v) is 14.2. The van der Waals surface area contributed by atoms with Crippen LogP contribution in [0, 0.1) is 0 Å². The Labute approximate surface area is 133 Å². The topological polar surface area (TPSA) is 53.5 Å². The van der Waals surface area contributed by atoms with E-state index in [9.17, 15) is 8.42 Å². The lowest BCUT2D eigenvalue weighted by Gasteiger charge is -2.34. The molecule has 0 N–H and O–H groups in total. The van der Waals surface area contributed by atoms with Crippen LogP contribution in [-0.2, 0) is 10.0 Å². The highest BCUT2D eigenvalue weighted by Crippen LogP contribution is 2.18. The normalized spacial score (nSPS) is 17.4. The zero-order valence-electron chi connectivity index (χ0n) is 11.0. The molecular weight excluding hydrogens is 366 g/mol. The Bertz CT molecular complexity index is 530. The van der Waals surface area contributed by atoms with E-state index in [1.54, 1.807) is 10.5 Å². The monoisotopic (exact) mass is 381 g/mol. The predicted molar refractivity (Wildman–Crippen MR) is 84.8 cm³/mol. The number of sulfonamides is 1. The van der Waals surface area contributed by atoms with Gasteiger partial charge in [0.25, 0.3) is 0 Å². The first kappa shape index (κ1) is 16.0. The van der Waals surface area contributed by atoms with Gasteiger partial charge in [0.2, 0.25) is 10.0 Å². The first-order valence-electron chi connectivity index (χ1n) is 6.43. The van der Waals surface area contributed by atoms with Crippen molar-refractivity contribution in [3.05, 3.63) is 22.8 Å². The number of aromatic nitrogens is 1. The van der Waals surface area contributed by atoms with Gasteiger partial charge in [0.1, 0.15) is 5.82 Å². The van der Waals surface area contributed by atoms with Crippen LogP contribution in [0.3, 0.4) is 0 Å². The van der Waals surface area contributed by atoms with Crippen LogP contribution in [0.4, 0.5) is 5.82 Å². The van der Waals surface area contributed by atoms with Crippen LogP contribution in [0.2, 0.25) is 0 Å². The molecule has 0 unspecified atom stereocenters. The maximum absolute atomic E-state index is 12.1. The number of halogens is 2. The molecule has 1 saturated heterocycles. The molecule has 2 heterocycles. The van der Waals surface area contributed by atoms with E-state index in [0.717, 1.165) is 10.3 Å². The number of anilines is 1. The van der Waals surface area contributed by atoms with Crippen molar-refractivity contribution in [3.8, 4) is 0 Å². The number of hydrogen-bond acceptors (Lipinski definition) is 4. The summed E-state index contributed by atoms with van der Waals surface area (Å²) in [6.45, 7) is 2.33. The molecule has 0 radical (unpaired) electrons. The third-order valence-corrected chi connectivity index (χ3v) is 5.90. The Morgan fingerprint density at radius 3 is 2.50 bits per heavy atom. The van der Waals surface area contributed by atoms with Crippen molar-refractivity contribution < 1.29 is 8.42 Å². The minimum Gasteiger partial charge on any atom is -0.354 e. The molecule has 1 aromatic rings. The van der Waals surface area contributed by atoms with Gasteiger partial charge in [-0.3, -0.25) is 0 Å². The molecule has 0 saturated carbocycles. The van der Waals surface area contributed by atoms with Gasteiger partial charge in [0.05, 0.1) is 5.75 Å². The van der Waals surface area contributed by atoms with Gasteiger partial charge in [0, 0.05) is 42.7 Å². The summed E-state index contributed by atoms with van der Waals surface area (Å²) >= 11 is 8.91. The number of rotatable bonds is 5. The fourth-order valence-electron chi connectivity index (χ4n) is 2.12. The van der Waals surface area contributed by atoms with Crippen LogP contribution >= 0.6 is 27.5 Å². The molecule has 0 atom stereocenters. The molecule has 0 aliphatic carbocycles. The number of alkyl halides is 1. The van der Waals surface area contributed by atoms with Gasteiger partial charge in [-0.15, -0.1) is 11.6 Å². The molecular formula is C12H17BrClN3O2S. The summed E-state index contributed by atoms with van der Waals surface area (Å²) in [5, 5.41) is 0. The Morgan fingerprint density at radius 1 is 1.25 bits per heavy atom. The second-order valence-corrected chi connectivity index (χ2v) is 7.96. The van der Waals surface area contributed by atoms with Crippen LogP contribution in [0.5, 0.6) is 0 Å². The highest BCUT2D eigenvalue weighted by atomic mass is 79.9. The first-order chi connectivity index (χ1) is 9.53. The Hall–Kier alpha value is -0.370. The second-order valence-electron chi connectivity index (χ2n) is 4.58. The minimum absolute atomic E-state index is 0.132. The second kappa shape index (κ2) is 7.06. The van der Waals surface area contributed by atoms with Crippen molar-refractivity contribution in [2.75, 3.05) is 42.7 Å². The van der Waals surface area contributed by atoms with E-state index in [4.69, 9.17) is 11.6 Å². The number of hydrogen-bond donors (Lipinski definition) is 0. The molecule has 8 heteroatoms. The number of pyridine rings is 1. The van der Waals surface area contributed by atoms with Gasteiger partial charge in [-0.25, -0.2) is 13.4 Å². The molecule has 1 aliphatic heterocycles. The molecule has 1 aromatic heterocycles. The Kier molecular flexibility index (Phi) is 5.65. The highest BCUT2D eigenvalue weighted by Gasteiger charge is 2.26. The van der Waals surface area contributed by atoms with Crippen molar-refractivity contribution in [2.45, 2.75) is 6.42 Å². The van der Waals surface area contributed by atoms with E-state index in [-0.39, 0.29) is 5.75 Å². The van der Waals surface area contributed by atoms with Gasteiger partial charge in [-0.2, -0.15) is 4.31 Å². The van der Waals surface area contributed by atoms with Gasteiger partial charge in [0.15, 0.2) is 0 Å². The van der Waals surface area contributed by atoms with Crippen molar-refractivity contribution in [3.63, 3.8) is 0 Å². The van der Waals surface area contributed by atoms with Gasteiger partial charge >= 0.3 is 0 Å². The fraction of sp³-hybridized carbons (Fsp3) is 0.583. The number of nitrogens with zero attached hydrogens (tertiary/aromatic N) is 3. The van der Waals surface area contributed by atoms with Gasteiger partial charge < -0.3 is 4.90 Å².